The van der Waals surface area contributed by atoms with E-state index >= 15 is 0 Å². The third-order valence-corrected chi connectivity index (χ3v) is 3.02. The van der Waals surface area contributed by atoms with E-state index in [1.807, 2.05) is 6.07 Å². The van der Waals surface area contributed by atoms with Crippen molar-refractivity contribution >= 4 is 11.6 Å². The van der Waals surface area contributed by atoms with Crippen LogP contribution in [0, 0.1) is 0 Å². The number of nitrogens with two attached hydrogens (primary N) is 2. The van der Waals surface area contributed by atoms with Crippen molar-refractivity contribution in [2.24, 2.45) is 0 Å². The summed E-state index contributed by atoms with van der Waals surface area (Å²) in [7, 11) is 0. The summed E-state index contributed by atoms with van der Waals surface area (Å²) in [6, 6.07) is 6.12. The Kier molecular flexibility index (Phi) is 2.14. The van der Waals surface area contributed by atoms with Gasteiger partial charge in [0.25, 0.3) is 0 Å². The van der Waals surface area contributed by atoms with Gasteiger partial charge in [0.05, 0.1) is 0 Å². The summed E-state index contributed by atoms with van der Waals surface area (Å²) in [5.74, 6) is 6.57. The molecule has 0 saturated heterocycles. The van der Waals surface area contributed by atoms with Gasteiger partial charge in [-0.15, -0.1) is 10.2 Å². The van der Waals surface area contributed by atoms with Gasteiger partial charge in [0.2, 0.25) is 5.95 Å². The average Bonchev–Trinajstić information content (AvgIpc) is 2.70. The minimum atomic E-state index is 0.218. The van der Waals surface area contributed by atoms with E-state index < -0.39 is 0 Å². The summed E-state index contributed by atoms with van der Waals surface area (Å²) < 4.78 is 1.30. The molecule has 1 aromatic heterocycles. The summed E-state index contributed by atoms with van der Waals surface area (Å²) in [6.45, 7) is 1.03. The molecule has 1 aromatic carbocycles. The summed E-state index contributed by atoms with van der Waals surface area (Å²) in [6.07, 6.45) is 2.22. The van der Waals surface area contributed by atoms with Crippen LogP contribution < -0.4 is 16.9 Å². The molecule has 0 amide bonds. The van der Waals surface area contributed by atoms with Crippen LogP contribution in [0.5, 0.6) is 0 Å². The van der Waals surface area contributed by atoms with Crippen LogP contribution in [0.4, 0.5) is 11.6 Å². The van der Waals surface area contributed by atoms with Crippen LogP contribution >= 0.6 is 0 Å². The molecule has 2 aromatic rings. The Balaban J connectivity index is 2.07. The van der Waals surface area contributed by atoms with Gasteiger partial charge in [-0.25, -0.2) is 4.68 Å². The molecule has 0 radical (unpaired) electrons. The Morgan fingerprint density at radius 2 is 2.18 bits per heavy atom. The first-order valence-electron chi connectivity index (χ1n) is 5.59. The lowest BCUT2D eigenvalue weighted by Gasteiger charge is -2.18. The normalized spacial score (nSPS) is 14.1. The van der Waals surface area contributed by atoms with Gasteiger partial charge in [0.15, 0.2) is 5.82 Å². The molecule has 0 fully saturated rings. The Labute approximate surface area is 98.6 Å². The molecule has 17 heavy (non-hydrogen) atoms. The van der Waals surface area contributed by atoms with Crippen molar-refractivity contribution in [3.8, 4) is 11.4 Å². The number of nitrogens with one attached hydrogen (secondary N) is 1. The van der Waals surface area contributed by atoms with E-state index in [1.54, 1.807) is 0 Å². The molecule has 0 aliphatic carbocycles. The zero-order chi connectivity index (χ0) is 11.8. The van der Waals surface area contributed by atoms with Gasteiger partial charge in [-0.2, -0.15) is 0 Å². The van der Waals surface area contributed by atoms with E-state index in [4.69, 9.17) is 11.6 Å². The highest BCUT2D eigenvalue weighted by molar-refractivity contribution is 5.65. The molecule has 88 valence electrons. The molecule has 1 aliphatic rings. The number of rotatable bonds is 1. The van der Waals surface area contributed by atoms with Crippen molar-refractivity contribution in [3.05, 3.63) is 23.8 Å². The fourth-order valence-corrected chi connectivity index (χ4v) is 2.11. The van der Waals surface area contributed by atoms with Crippen LogP contribution in [0.25, 0.3) is 11.4 Å². The van der Waals surface area contributed by atoms with Crippen molar-refractivity contribution in [1.29, 1.82) is 0 Å². The Morgan fingerprint density at radius 3 is 2.94 bits per heavy atom. The quantitative estimate of drug-likeness (QED) is 0.623. The molecule has 0 unspecified atom stereocenters. The topological polar surface area (TPSA) is 94.8 Å². The highest BCUT2D eigenvalue weighted by Crippen LogP contribution is 2.27. The zero-order valence-corrected chi connectivity index (χ0v) is 9.35. The van der Waals surface area contributed by atoms with Gasteiger partial charge in [-0.3, -0.25) is 0 Å². The van der Waals surface area contributed by atoms with Crippen molar-refractivity contribution in [1.82, 2.24) is 14.9 Å². The number of aryl methyl sites for hydroxylation is 1. The second kappa shape index (κ2) is 3.65. The second-order valence-corrected chi connectivity index (χ2v) is 4.15. The monoisotopic (exact) mass is 230 g/mol. The summed E-state index contributed by atoms with van der Waals surface area (Å²) in [5.41, 5.74) is 8.99. The van der Waals surface area contributed by atoms with Crippen molar-refractivity contribution in [2.45, 2.75) is 12.8 Å². The summed E-state index contributed by atoms with van der Waals surface area (Å²) in [4.78, 5) is 0. The predicted molar refractivity (Wildman–Crippen MR) is 66.8 cm³/mol. The molecule has 0 bridgehead atoms. The lowest BCUT2D eigenvalue weighted by molar-refractivity contribution is 0.830. The standard InChI is InChI=1S/C11H14N6/c12-11-16-15-10(17(11)13)8-3-4-9-7(6-8)2-1-5-14-9/h3-4,6,14H,1-2,5,13H2,(H2,12,16). The number of aromatic nitrogens is 3. The molecule has 0 spiro atoms. The van der Waals surface area contributed by atoms with E-state index in [9.17, 15) is 0 Å². The van der Waals surface area contributed by atoms with E-state index in [2.05, 4.69) is 27.6 Å². The van der Waals surface area contributed by atoms with Crippen molar-refractivity contribution < 1.29 is 0 Å². The lowest BCUT2D eigenvalue weighted by atomic mass is 10.0. The second-order valence-electron chi connectivity index (χ2n) is 4.15. The fraction of sp³-hybridized carbons (Fsp3) is 0.273. The summed E-state index contributed by atoms with van der Waals surface area (Å²) in [5, 5.41) is 11.1. The third kappa shape index (κ3) is 1.57. The maximum atomic E-state index is 5.76. The minimum absolute atomic E-state index is 0.218. The first kappa shape index (κ1) is 9.95. The van der Waals surface area contributed by atoms with Crippen LogP contribution in [0.2, 0.25) is 0 Å². The van der Waals surface area contributed by atoms with Gasteiger partial charge in [0.1, 0.15) is 0 Å². The molecule has 3 rings (SSSR count). The first-order chi connectivity index (χ1) is 8.25. The van der Waals surface area contributed by atoms with E-state index in [1.165, 1.54) is 15.9 Å². The molecule has 1 aliphatic heterocycles. The molecule has 6 heteroatoms. The lowest BCUT2D eigenvalue weighted by Crippen LogP contribution is -2.14. The largest absolute Gasteiger partial charge is 0.385 e. The fourth-order valence-electron chi connectivity index (χ4n) is 2.11. The Bertz CT molecular complexity index is 559. The number of nitrogen functional groups attached to an aromatic ring is 2. The number of nitrogens with zero attached hydrogens (tertiary/aromatic N) is 3. The molecule has 6 nitrogen and oxygen atoms in total. The van der Waals surface area contributed by atoms with Crippen LogP contribution in [0.15, 0.2) is 18.2 Å². The van der Waals surface area contributed by atoms with Gasteiger partial charge in [0, 0.05) is 17.8 Å². The van der Waals surface area contributed by atoms with Crippen LogP contribution in [0.3, 0.4) is 0 Å². The third-order valence-electron chi connectivity index (χ3n) is 3.02. The smallest absolute Gasteiger partial charge is 0.241 e. The van der Waals surface area contributed by atoms with Gasteiger partial charge in [-0.1, -0.05) is 0 Å². The van der Waals surface area contributed by atoms with Crippen molar-refractivity contribution in [3.63, 3.8) is 0 Å². The van der Waals surface area contributed by atoms with E-state index in [0.717, 1.165) is 24.9 Å². The SMILES string of the molecule is Nc1nnc(-c2ccc3c(c2)CCCN3)n1N. The maximum Gasteiger partial charge on any atom is 0.241 e. The van der Waals surface area contributed by atoms with E-state index in [0.29, 0.717) is 5.82 Å². The van der Waals surface area contributed by atoms with Gasteiger partial charge >= 0.3 is 0 Å². The van der Waals surface area contributed by atoms with Crippen LogP contribution in [-0.2, 0) is 6.42 Å². The van der Waals surface area contributed by atoms with Gasteiger partial charge in [-0.05, 0) is 36.6 Å². The van der Waals surface area contributed by atoms with Gasteiger partial charge < -0.3 is 16.9 Å². The van der Waals surface area contributed by atoms with Crippen molar-refractivity contribution in [2.75, 3.05) is 23.4 Å². The minimum Gasteiger partial charge on any atom is -0.385 e. The van der Waals surface area contributed by atoms with E-state index in [-0.39, 0.29) is 5.95 Å². The number of anilines is 2. The molecule has 0 saturated carbocycles. The average molecular weight is 230 g/mol. The Morgan fingerprint density at radius 1 is 1.29 bits per heavy atom. The Hall–Kier alpha value is -2.24. The molecule has 0 atom stereocenters. The number of fused-ring (bicyclic) bond motifs is 1. The highest BCUT2D eigenvalue weighted by atomic mass is 15.4. The predicted octanol–water partition coefficient (Wildman–Crippen LogP) is 0.599. The molecular weight excluding hydrogens is 216 g/mol. The number of hydrogen-bond acceptors (Lipinski definition) is 5. The summed E-state index contributed by atoms with van der Waals surface area (Å²) >= 11 is 0. The van der Waals surface area contributed by atoms with Crippen LogP contribution in [0.1, 0.15) is 12.0 Å². The molecule has 2 heterocycles. The first-order valence-corrected chi connectivity index (χ1v) is 5.59. The maximum absolute atomic E-state index is 5.76. The zero-order valence-electron chi connectivity index (χ0n) is 9.35. The highest BCUT2D eigenvalue weighted by Gasteiger charge is 2.13. The molecular formula is C11H14N6. The number of hydrogen-bond donors (Lipinski definition) is 3. The molecule has 5 N–H and O–H groups in total. The van der Waals surface area contributed by atoms with Crippen LogP contribution in [-0.4, -0.2) is 21.4 Å². The number of benzene rings is 1.